The van der Waals surface area contributed by atoms with E-state index in [1.165, 1.54) is 26.0 Å². The molecule has 0 amide bonds. The standard InChI is InChI=1S/C16H20N2S2.C2H6/c1-11-5-7-13(8-6-11)20-18-9-14-15(16(3,4)10-18)17-12(2)19-14;1-2/h5-8H,9-10H2,1-4H3;1-2H3. The summed E-state index contributed by atoms with van der Waals surface area (Å²) in [5.74, 6) is 0. The SMILES string of the molecule is CC.Cc1ccc(SN2Cc3sc(C)nc3C(C)(C)C2)cc1. The number of nitrogens with zero attached hydrogens (tertiary/aromatic N) is 2. The van der Waals surface area contributed by atoms with Gasteiger partial charge in [0.2, 0.25) is 0 Å². The highest BCUT2D eigenvalue weighted by Gasteiger charge is 2.35. The monoisotopic (exact) mass is 334 g/mol. The molecule has 22 heavy (non-hydrogen) atoms. The Bertz CT molecular complexity index is 615. The van der Waals surface area contributed by atoms with Crippen molar-refractivity contribution in [2.75, 3.05) is 6.54 Å². The van der Waals surface area contributed by atoms with Crippen molar-refractivity contribution in [1.29, 1.82) is 0 Å². The van der Waals surface area contributed by atoms with E-state index in [1.807, 2.05) is 37.1 Å². The second-order valence-electron chi connectivity index (χ2n) is 6.09. The van der Waals surface area contributed by atoms with Crippen LogP contribution in [0.4, 0.5) is 0 Å². The van der Waals surface area contributed by atoms with Crippen LogP contribution in [0.25, 0.3) is 0 Å². The first-order valence-corrected chi connectivity index (χ1v) is 9.49. The van der Waals surface area contributed by atoms with Gasteiger partial charge in [-0.1, -0.05) is 45.4 Å². The topological polar surface area (TPSA) is 16.1 Å². The fourth-order valence-electron chi connectivity index (χ4n) is 2.65. The zero-order chi connectivity index (χ0) is 16.3. The molecule has 4 heteroatoms. The average molecular weight is 335 g/mol. The van der Waals surface area contributed by atoms with E-state index < -0.39 is 0 Å². The Kier molecular flexibility index (Phi) is 5.70. The highest BCUT2D eigenvalue weighted by atomic mass is 32.2. The quantitative estimate of drug-likeness (QED) is 0.666. The molecule has 0 unspecified atom stereocenters. The highest BCUT2D eigenvalue weighted by molar-refractivity contribution is 7.97. The van der Waals surface area contributed by atoms with E-state index in [2.05, 4.69) is 56.3 Å². The van der Waals surface area contributed by atoms with Crippen molar-refractivity contribution >= 4 is 23.3 Å². The fraction of sp³-hybridized carbons (Fsp3) is 0.500. The van der Waals surface area contributed by atoms with Gasteiger partial charge in [0.25, 0.3) is 0 Å². The zero-order valence-corrected chi connectivity index (χ0v) is 16.1. The van der Waals surface area contributed by atoms with E-state index in [0.717, 1.165) is 13.1 Å². The van der Waals surface area contributed by atoms with Gasteiger partial charge in [-0.15, -0.1) is 11.3 Å². The maximum Gasteiger partial charge on any atom is 0.0900 e. The number of thiazole rings is 1. The molecule has 120 valence electrons. The number of hydrogen-bond donors (Lipinski definition) is 0. The molecular formula is C18H26N2S2. The third-order valence-electron chi connectivity index (χ3n) is 3.59. The maximum absolute atomic E-state index is 4.74. The van der Waals surface area contributed by atoms with Gasteiger partial charge in [0.05, 0.1) is 10.7 Å². The first-order chi connectivity index (χ1) is 10.4. The molecule has 1 aromatic heterocycles. The number of benzene rings is 1. The number of aryl methyl sites for hydroxylation is 2. The average Bonchev–Trinajstić information content (AvgIpc) is 2.85. The Hall–Kier alpha value is -0.840. The minimum Gasteiger partial charge on any atom is -0.246 e. The molecule has 0 saturated heterocycles. The normalized spacial score (nSPS) is 16.6. The zero-order valence-electron chi connectivity index (χ0n) is 14.4. The van der Waals surface area contributed by atoms with Crippen LogP contribution in [0.2, 0.25) is 0 Å². The summed E-state index contributed by atoms with van der Waals surface area (Å²) in [6, 6.07) is 8.78. The first kappa shape index (κ1) is 17.5. The van der Waals surface area contributed by atoms with Gasteiger partial charge in [-0.25, -0.2) is 9.29 Å². The van der Waals surface area contributed by atoms with Crippen LogP contribution in [0.15, 0.2) is 29.2 Å². The molecule has 2 nitrogen and oxygen atoms in total. The van der Waals surface area contributed by atoms with E-state index >= 15 is 0 Å². The summed E-state index contributed by atoms with van der Waals surface area (Å²) in [7, 11) is 0. The molecule has 0 N–H and O–H groups in total. The molecule has 1 aromatic carbocycles. The van der Waals surface area contributed by atoms with Gasteiger partial charge in [0.1, 0.15) is 0 Å². The summed E-state index contributed by atoms with van der Waals surface area (Å²) >= 11 is 3.70. The molecule has 1 aliphatic rings. The lowest BCUT2D eigenvalue weighted by molar-refractivity contribution is 0.322. The Labute approximate surface area is 143 Å². The molecule has 0 saturated carbocycles. The van der Waals surface area contributed by atoms with Crippen LogP contribution < -0.4 is 0 Å². The Morgan fingerprint density at radius 1 is 1.14 bits per heavy atom. The number of rotatable bonds is 2. The fourth-order valence-corrected chi connectivity index (χ4v) is 5.00. The Balaban J connectivity index is 0.000000847. The summed E-state index contributed by atoms with van der Waals surface area (Å²) in [6.45, 7) is 14.9. The summed E-state index contributed by atoms with van der Waals surface area (Å²) in [5.41, 5.74) is 2.75. The minimum atomic E-state index is 0.135. The molecule has 1 aliphatic heterocycles. The van der Waals surface area contributed by atoms with Crippen LogP contribution in [0.3, 0.4) is 0 Å². The second kappa shape index (κ2) is 7.16. The van der Waals surface area contributed by atoms with Crippen molar-refractivity contribution in [3.05, 3.63) is 45.4 Å². The summed E-state index contributed by atoms with van der Waals surface area (Å²) < 4.78 is 2.46. The lowest BCUT2D eigenvalue weighted by atomic mass is 9.86. The van der Waals surface area contributed by atoms with E-state index in [0.29, 0.717) is 0 Å². The molecule has 2 heterocycles. The summed E-state index contributed by atoms with van der Waals surface area (Å²) in [6.07, 6.45) is 0. The van der Waals surface area contributed by atoms with Crippen molar-refractivity contribution < 1.29 is 0 Å². The van der Waals surface area contributed by atoms with Gasteiger partial charge in [-0.2, -0.15) is 0 Å². The van der Waals surface area contributed by atoms with Crippen LogP contribution in [0, 0.1) is 13.8 Å². The largest absolute Gasteiger partial charge is 0.246 e. The van der Waals surface area contributed by atoms with E-state index in [4.69, 9.17) is 4.98 Å². The van der Waals surface area contributed by atoms with E-state index in [-0.39, 0.29) is 5.41 Å². The lowest BCUT2D eigenvalue weighted by Crippen LogP contribution is -2.38. The molecule has 0 radical (unpaired) electrons. The molecule has 0 spiro atoms. The molecule has 0 atom stereocenters. The van der Waals surface area contributed by atoms with Crippen molar-refractivity contribution in [3.8, 4) is 0 Å². The van der Waals surface area contributed by atoms with Crippen molar-refractivity contribution in [1.82, 2.24) is 9.29 Å². The molecule has 0 aliphatic carbocycles. The van der Waals surface area contributed by atoms with Crippen LogP contribution in [0.5, 0.6) is 0 Å². The molecule has 2 aromatic rings. The van der Waals surface area contributed by atoms with Gasteiger partial charge in [-0.05, 0) is 37.9 Å². The third kappa shape index (κ3) is 3.92. The van der Waals surface area contributed by atoms with E-state index in [9.17, 15) is 0 Å². The van der Waals surface area contributed by atoms with Crippen LogP contribution >= 0.6 is 23.3 Å². The first-order valence-electron chi connectivity index (χ1n) is 7.90. The third-order valence-corrected chi connectivity index (χ3v) is 5.55. The van der Waals surface area contributed by atoms with E-state index in [1.54, 1.807) is 0 Å². The van der Waals surface area contributed by atoms with Gasteiger partial charge in [0.15, 0.2) is 0 Å². The summed E-state index contributed by atoms with van der Waals surface area (Å²) in [4.78, 5) is 7.48. The van der Waals surface area contributed by atoms with Crippen LogP contribution in [-0.2, 0) is 12.0 Å². The number of aromatic nitrogens is 1. The lowest BCUT2D eigenvalue weighted by Gasteiger charge is -2.36. The van der Waals surface area contributed by atoms with Gasteiger partial charge in [0, 0.05) is 28.3 Å². The molecule has 0 fully saturated rings. The van der Waals surface area contributed by atoms with Crippen molar-refractivity contribution in [2.45, 2.75) is 58.4 Å². The predicted octanol–water partition coefficient (Wildman–Crippen LogP) is 5.59. The van der Waals surface area contributed by atoms with Gasteiger partial charge < -0.3 is 0 Å². The minimum absolute atomic E-state index is 0.135. The Morgan fingerprint density at radius 2 is 1.77 bits per heavy atom. The summed E-state index contributed by atoms with van der Waals surface area (Å²) in [5, 5.41) is 1.19. The van der Waals surface area contributed by atoms with Crippen LogP contribution in [-0.4, -0.2) is 15.8 Å². The van der Waals surface area contributed by atoms with Gasteiger partial charge >= 0.3 is 0 Å². The number of fused-ring (bicyclic) bond motifs is 1. The Morgan fingerprint density at radius 3 is 2.41 bits per heavy atom. The van der Waals surface area contributed by atoms with Gasteiger partial charge in [-0.3, -0.25) is 0 Å². The molecular weight excluding hydrogens is 308 g/mol. The predicted molar refractivity (Wildman–Crippen MR) is 98.7 cm³/mol. The molecule has 3 rings (SSSR count). The molecule has 0 bridgehead atoms. The van der Waals surface area contributed by atoms with Crippen molar-refractivity contribution in [3.63, 3.8) is 0 Å². The smallest absolute Gasteiger partial charge is 0.0900 e. The van der Waals surface area contributed by atoms with Crippen LogP contribution in [0.1, 0.15) is 48.8 Å². The van der Waals surface area contributed by atoms with Crippen molar-refractivity contribution in [2.24, 2.45) is 0 Å². The number of hydrogen-bond acceptors (Lipinski definition) is 4. The highest BCUT2D eigenvalue weighted by Crippen LogP contribution is 2.39. The maximum atomic E-state index is 4.74. The second-order valence-corrected chi connectivity index (χ2v) is 8.55.